The first kappa shape index (κ1) is 15.2. The molecule has 1 fully saturated rings. The summed E-state index contributed by atoms with van der Waals surface area (Å²) < 4.78 is 11.4. The van der Waals surface area contributed by atoms with Crippen molar-refractivity contribution in [3.05, 3.63) is 29.3 Å². The highest BCUT2D eigenvalue weighted by molar-refractivity contribution is 5.69. The number of benzene rings is 1. The Kier molecular flexibility index (Phi) is 3.77. The molecule has 1 aliphatic carbocycles. The molecule has 0 saturated carbocycles. The van der Waals surface area contributed by atoms with Crippen molar-refractivity contribution in [1.82, 2.24) is 4.90 Å². The van der Waals surface area contributed by atoms with Gasteiger partial charge in [0.15, 0.2) is 0 Å². The number of amides is 1. The van der Waals surface area contributed by atoms with Gasteiger partial charge in [-0.1, -0.05) is 12.1 Å². The Hall–Kier alpha value is -1.75. The van der Waals surface area contributed by atoms with Gasteiger partial charge in [-0.15, -0.1) is 0 Å². The second-order valence-electron chi connectivity index (χ2n) is 6.97. The predicted molar refractivity (Wildman–Crippen MR) is 82.0 cm³/mol. The van der Waals surface area contributed by atoms with E-state index in [0.717, 1.165) is 11.1 Å². The van der Waals surface area contributed by atoms with Gasteiger partial charge in [0, 0.05) is 13.0 Å². The van der Waals surface area contributed by atoms with Crippen molar-refractivity contribution in [2.75, 3.05) is 13.2 Å². The zero-order chi connectivity index (χ0) is 15.9. The van der Waals surface area contributed by atoms with E-state index in [0.29, 0.717) is 31.7 Å². The Labute approximate surface area is 130 Å². The first-order valence-corrected chi connectivity index (χ1v) is 7.76. The number of phenolic OH excluding ortho intramolecular Hbond substituents is 1. The van der Waals surface area contributed by atoms with Gasteiger partial charge in [0.25, 0.3) is 0 Å². The van der Waals surface area contributed by atoms with Crippen molar-refractivity contribution < 1.29 is 19.4 Å². The number of nitrogens with zero attached hydrogens (tertiary/aromatic N) is 1. The van der Waals surface area contributed by atoms with Gasteiger partial charge in [-0.05, 0) is 44.4 Å². The minimum atomic E-state index is -0.504. The van der Waals surface area contributed by atoms with E-state index in [2.05, 4.69) is 0 Å². The van der Waals surface area contributed by atoms with Gasteiger partial charge in [-0.2, -0.15) is 0 Å². The quantitative estimate of drug-likeness (QED) is 0.800. The number of morpholine rings is 1. The third-order valence-electron chi connectivity index (χ3n) is 4.20. The summed E-state index contributed by atoms with van der Waals surface area (Å²) in [6, 6.07) is 5.52. The van der Waals surface area contributed by atoms with Crippen molar-refractivity contribution in [3.8, 4) is 5.75 Å². The number of hydrogen-bond donors (Lipinski definition) is 1. The van der Waals surface area contributed by atoms with Crippen LogP contribution in [0.5, 0.6) is 5.75 Å². The molecule has 2 aliphatic rings. The van der Waals surface area contributed by atoms with E-state index in [4.69, 9.17) is 9.47 Å². The highest BCUT2D eigenvalue weighted by Gasteiger charge is 2.40. The Morgan fingerprint density at radius 1 is 1.36 bits per heavy atom. The third-order valence-corrected chi connectivity index (χ3v) is 4.20. The first-order chi connectivity index (χ1) is 10.3. The Morgan fingerprint density at radius 3 is 2.86 bits per heavy atom. The van der Waals surface area contributed by atoms with Crippen LogP contribution in [0.4, 0.5) is 4.79 Å². The number of rotatable bonds is 0. The lowest BCUT2D eigenvalue weighted by molar-refractivity contribution is -0.0783. The van der Waals surface area contributed by atoms with Crippen LogP contribution >= 0.6 is 0 Å². The third kappa shape index (κ3) is 2.90. The monoisotopic (exact) mass is 305 g/mol. The lowest BCUT2D eigenvalue weighted by Gasteiger charge is -2.44. The van der Waals surface area contributed by atoms with Gasteiger partial charge in [0.1, 0.15) is 11.4 Å². The van der Waals surface area contributed by atoms with Crippen LogP contribution in [0.3, 0.4) is 0 Å². The molecule has 0 bridgehead atoms. The maximum absolute atomic E-state index is 12.4. The van der Waals surface area contributed by atoms with Crippen LogP contribution in [0.25, 0.3) is 0 Å². The van der Waals surface area contributed by atoms with Crippen LogP contribution in [0, 0.1) is 0 Å². The summed E-state index contributed by atoms with van der Waals surface area (Å²) in [5.41, 5.74) is 1.52. The Bertz CT molecular complexity index is 579. The highest BCUT2D eigenvalue weighted by atomic mass is 16.6. The van der Waals surface area contributed by atoms with Crippen molar-refractivity contribution >= 4 is 6.09 Å². The maximum atomic E-state index is 12.4. The Morgan fingerprint density at radius 2 is 2.14 bits per heavy atom. The summed E-state index contributed by atoms with van der Waals surface area (Å²) >= 11 is 0. The summed E-state index contributed by atoms with van der Waals surface area (Å²) in [5.74, 6) is 0.314. The molecule has 5 nitrogen and oxygen atoms in total. The summed E-state index contributed by atoms with van der Waals surface area (Å²) in [5, 5.41) is 10.0. The maximum Gasteiger partial charge on any atom is 0.410 e. The van der Waals surface area contributed by atoms with Crippen LogP contribution in [-0.2, 0) is 22.3 Å². The molecule has 0 spiro atoms. The lowest BCUT2D eigenvalue weighted by Crippen LogP contribution is -2.57. The molecule has 0 radical (unpaired) electrons. The van der Waals surface area contributed by atoms with E-state index in [-0.39, 0.29) is 18.2 Å². The van der Waals surface area contributed by atoms with Crippen LogP contribution in [0.1, 0.15) is 31.9 Å². The molecule has 0 aromatic heterocycles. The molecule has 1 N–H and O–H groups in total. The van der Waals surface area contributed by atoms with Crippen LogP contribution in [-0.4, -0.2) is 47.0 Å². The number of carbonyl (C=O) groups is 1. The SMILES string of the molecule is CC(C)(C)OC(=O)N1CCO[C@@H]2Cc3c(O)cccc3C[C@H]21. The van der Waals surface area contributed by atoms with Gasteiger partial charge in [0.05, 0.1) is 18.8 Å². The number of aromatic hydroxyl groups is 1. The van der Waals surface area contributed by atoms with E-state index in [9.17, 15) is 9.90 Å². The standard InChI is InChI=1S/C17H23NO4/c1-17(2,3)22-16(20)18-7-8-21-15-10-12-11(9-13(15)18)5-4-6-14(12)19/h4-6,13,15,19H,7-10H2,1-3H3/t13-,15-/m1/s1. The normalized spacial score (nSPS) is 24.4. The molecule has 3 rings (SSSR count). The average Bonchev–Trinajstić information content (AvgIpc) is 2.43. The smallest absolute Gasteiger partial charge is 0.410 e. The molecule has 1 aromatic carbocycles. The van der Waals surface area contributed by atoms with Crippen molar-refractivity contribution in [3.63, 3.8) is 0 Å². The minimum Gasteiger partial charge on any atom is -0.508 e. The van der Waals surface area contributed by atoms with Gasteiger partial charge >= 0.3 is 6.09 Å². The molecule has 1 aromatic rings. The summed E-state index contributed by atoms with van der Waals surface area (Å²) in [7, 11) is 0. The van der Waals surface area contributed by atoms with E-state index in [1.165, 1.54) is 0 Å². The average molecular weight is 305 g/mol. The fourth-order valence-corrected chi connectivity index (χ4v) is 3.24. The van der Waals surface area contributed by atoms with Gasteiger partial charge < -0.3 is 14.6 Å². The number of hydrogen-bond acceptors (Lipinski definition) is 4. The van der Waals surface area contributed by atoms with E-state index >= 15 is 0 Å². The second kappa shape index (κ2) is 5.47. The minimum absolute atomic E-state index is 0.0297. The summed E-state index contributed by atoms with van der Waals surface area (Å²) in [4.78, 5) is 14.2. The number of ether oxygens (including phenoxy) is 2. The lowest BCUT2D eigenvalue weighted by atomic mass is 9.84. The Balaban J connectivity index is 1.83. The molecular formula is C17H23NO4. The van der Waals surface area contributed by atoms with E-state index in [1.807, 2.05) is 32.9 Å². The molecule has 120 valence electrons. The zero-order valence-electron chi connectivity index (χ0n) is 13.3. The molecule has 0 unspecified atom stereocenters. The van der Waals surface area contributed by atoms with Crippen LogP contribution < -0.4 is 0 Å². The summed E-state index contributed by atoms with van der Waals surface area (Å²) in [6.07, 6.45) is 0.955. The molecular weight excluding hydrogens is 282 g/mol. The molecule has 1 heterocycles. The second-order valence-corrected chi connectivity index (χ2v) is 6.97. The first-order valence-electron chi connectivity index (χ1n) is 7.76. The molecule has 1 aliphatic heterocycles. The van der Waals surface area contributed by atoms with Gasteiger partial charge in [-0.3, -0.25) is 4.90 Å². The van der Waals surface area contributed by atoms with Crippen LogP contribution in [0.2, 0.25) is 0 Å². The van der Waals surface area contributed by atoms with E-state index < -0.39 is 5.60 Å². The zero-order valence-corrected chi connectivity index (χ0v) is 13.3. The highest BCUT2D eigenvalue weighted by Crippen LogP contribution is 2.34. The van der Waals surface area contributed by atoms with Crippen molar-refractivity contribution in [1.29, 1.82) is 0 Å². The van der Waals surface area contributed by atoms with Crippen molar-refractivity contribution in [2.24, 2.45) is 0 Å². The molecule has 1 amide bonds. The topological polar surface area (TPSA) is 59.0 Å². The summed E-state index contributed by atoms with van der Waals surface area (Å²) in [6.45, 7) is 6.67. The van der Waals surface area contributed by atoms with Crippen molar-refractivity contribution in [2.45, 2.75) is 51.4 Å². The fourth-order valence-electron chi connectivity index (χ4n) is 3.24. The number of phenols is 1. The molecule has 1 saturated heterocycles. The van der Waals surface area contributed by atoms with E-state index in [1.54, 1.807) is 11.0 Å². The molecule has 22 heavy (non-hydrogen) atoms. The number of carbonyl (C=O) groups excluding carboxylic acids is 1. The molecule has 2 atom stereocenters. The number of fused-ring (bicyclic) bond motifs is 2. The van der Waals surface area contributed by atoms with Crippen LogP contribution in [0.15, 0.2) is 18.2 Å². The van der Waals surface area contributed by atoms with Gasteiger partial charge in [0.2, 0.25) is 0 Å². The predicted octanol–water partition coefficient (Wildman–Crippen LogP) is 2.50. The largest absolute Gasteiger partial charge is 0.508 e. The fraction of sp³-hybridized carbons (Fsp3) is 0.588. The molecule has 5 heteroatoms. The van der Waals surface area contributed by atoms with Gasteiger partial charge in [-0.25, -0.2) is 4.79 Å².